The first-order valence-corrected chi connectivity index (χ1v) is 15.7. The van der Waals surface area contributed by atoms with Crippen LogP contribution in [0.2, 0.25) is 0 Å². The average Bonchev–Trinajstić information content (AvgIpc) is 3.50. The van der Waals surface area contributed by atoms with Gasteiger partial charge < -0.3 is 19.9 Å². The summed E-state index contributed by atoms with van der Waals surface area (Å²) in [4.78, 5) is 49.0. The van der Waals surface area contributed by atoms with Crippen LogP contribution in [0.3, 0.4) is 0 Å². The SMILES string of the molecule is COCCN(CC(=O)Nc1nc(CC(=O)N2CCN(C(c3ccccc3)c3ccccc3)CC2)cs1)C(=O)c1ccc(F)cc1. The number of nitrogens with zero attached hydrogens (tertiary/aromatic N) is 4. The Bertz CT molecular complexity index is 1520. The van der Waals surface area contributed by atoms with Gasteiger partial charge in [-0.1, -0.05) is 60.7 Å². The fraction of sp³-hybridized carbons (Fsp3) is 0.294. The van der Waals surface area contributed by atoms with Gasteiger partial charge in [0.15, 0.2) is 5.13 Å². The number of ether oxygens (including phenoxy) is 1. The Kier molecular flexibility index (Phi) is 11.0. The maximum Gasteiger partial charge on any atom is 0.254 e. The second kappa shape index (κ2) is 15.5. The molecule has 0 aliphatic carbocycles. The molecule has 234 valence electrons. The number of amides is 3. The molecule has 0 spiro atoms. The summed E-state index contributed by atoms with van der Waals surface area (Å²) in [6.07, 6.45) is 0.135. The first-order chi connectivity index (χ1) is 21.9. The van der Waals surface area contributed by atoms with Crippen molar-refractivity contribution in [3.63, 3.8) is 0 Å². The number of hydrogen-bond donors (Lipinski definition) is 1. The molecule has 1 N–H and O–H groups in total. The topological polar surface area (TPSA) is 95.1 Å². The van der Waals surface area contributed by atoms with E-state index in [-0.39, 0.29) is 43.6 Å². The molecular formula is C34H36FN5O4S. The summed E-state index contributed by atoms with van der Waals surface area (Å²) in [7, 11) is 1.51. The van der Waals surface area contributed by atoms with Crippen LogP contribution in [0.4, 0.5) is 9.52 Å². The molecule has 1 aromatic heterocycles. The van der Waals surface area contributed by atoms with Gasteiger partial charge in [-0.15, -0.1) is 11.3 Å². The van der Waals surface area contributed by atoms with E-state index in [1.807, 2.05) is 17.0 Å². The van der Waals surface area contributed by atoms with Crippen LogP contribution in [0.15, 0.2) is 90.3 Å². The van der Waals surface area contributed by atoms with Crippen molar-refractivity contribution in [2.75, 3.05) is 58.3 Å². The monoisotopic (exact) mass is 629 g/mol. The fourth-order valence-corrected chi connectivity index (χ4v) is 6.11. The van der Waals surface area contributed by atoms with E-state index in [0.29, 0.717) is 23.9 Å². The fourth-order valence-electron chi connectivity index (χ4n) is 5.39. The van der Waals surface area contributed by atoms with Gasteiger partial charge in [0, 0.05) is 50.8 Å². The number of hydrogen-bond acceptors (Lipinski definition) is 7. The predicted octanol–water partition coefficient (Wildman–Crippen LogP) is 4.49. The van der Waals surface area contributed by atoms with Gasteiger partial charge in [0.1, 0.15) is 12.4 Å². The Hall–Kier alpha value is -4.45. The van der Waals surface area contributed by atoms with E-state index in [4.69, 9.17) is 4.74 Å². The minimum atomic E-state index is -0.451. The second-order valence-electron chi connectivity index (χ2n) is 10.7. The van der Waals surface area contributed by atoms with Gasteiger partial charge in [0.25, 0.3) is 5.91 Å². The molecule has 1 aliphatic heterocycles. The van der Waals surface area contributed by atoms with Gasteiger partial charge in [-0.05, 0) is 35.4 Å². The van der Waals surface area contributed by atoms with Gasteiger partial charge in [-0.3, -0.25) is 19.3 Å². The molecule has 0 radical (unpaired) electrons. The van der Waals surface area contributed by atoms with Crippen LogP contribution < -0.4 is 5.32 Å². The smallest absolute Gasteiger partial charge is 0.254 e. The van der Waals surface area contributed by atoms with Crippen molar-refractivity contribution >= 4 is 34.2 Å². The number of aromatic nitrogens is 1. The zero-order valence-corrected chi connectivity index (χ0v) is 25.9. The molecule has 3 aromatic carbocycles. The average molecular weight is 630 g/mol. The van der Waals surface area contributed by atoms with Gasteiger partial charge in [-0.25, -0.2) is 9.37 Å². The number of benzene rings is 3. The first kappa shape index (κ1) is 32.0. The molecule has 2 heterocycles. The maximum atomic E-state index is 13.3. The molecule has 0 bridgehead atoms. The van der Waals surface area contributed by atoms with E-state index in [1.54, 1.807) is 5.38 Å². The Labute approximate surface area is 266 Å². The largest absolute Gasteiger partial charge is 0.383 e. The summed E-state index contributed by atoms with van der Waals surface area (Å²) >= 11 is 1.23. The third kappa shape index (κ3) is 8.59. The number of rotatable bonds is 12. The number of carbonyl (C=O) groups excluding carboxylic acids is 3. The van der Waals surface area contributed by atoms with E-state index < -0.39 is 17.6 Å². The van der Waals surface area contributed by atoms with Crippen LogP contribution in [0, 0.1) is 5.82 Å². The van der Waals surface area contributed by atoms with E-state index in [2.05, 4.69) is 63.7 Å². The highest BCUT2D eigenvalue weighted by atomic mass is 32.1. The molecular weight excluding hydrogens is 593 g/mol. The van der Waals surface area contributed by atoms with Crippen LogP contribution in [-0.4, -0.2) is 90.4 Å². The lowest BCUT2D eigenvalue weighted by molar-refractivity contribution is -0.132. The summed E-state index contributed by atoms with van der Waals surface area (Å²) in [5, 5.41) is 4.84. The number of piperazine rings is 1. The summed E-state index contributed by atoms with van der Waals surface area (Å²) in [6.45, 7) is 2.90. The van der Waals surface area contributed by atoms with Crippen molar-refractivity contribution < 1.29 is 23.5 Å². The summed E-state index contributed by atoms with van der Waals surface area (Å²) in [6, 6.07) is 26.1. The lowest BCUT2D eigenvalue weighted by Crippen LogP contribution is -2.50. The first-order valence-electron chi connectivity index (χ1n) is 14.8. The molecule has 4 aromatic rings. The van der Waals surface area contributed by atoms with Crippen molar-refractivity contribution in [1.29, 1.82) is 0 Å². The Morgan fingerprint density at radius 3 is 2.16 bits per heavy atom. The Balaban J connectivity index is 1.14. The highest BCUT2D eigenvalue weighted by Gasteiger charge is 2.28. The number of nitrogens with one attached hydrogen (secondary N) is 1. The maximum absolute atomic E-state index is 13.3. The van der Waals surface area contributed by atoms with Crippen molar-refractivity contribution in [1.82, 2.24) is 19.7 Å². The van der Waals surface area contributed by atoms with E-state index in [9.17, 15) is 18.8 Å². The van der Waals surface area contributed by atoms with Crippen LogP contribution in [0.1, 0.15) is 33.2 Å². The molecule has 9 nitrogen and oxygen atoms in total. The highest BCUT2D eigenvalue weighted by molar-refractivity contribution is 7.13. The van der Waals surface area contributed by atoms with Crippen LogP contribution in [0.5, 0.6) is 0 Å². The lowest BCUT2D eigenvalue weighted by atomic mass is 9.96. The quantitative estimate of drug-likeness (QED) is 0.248. The molecule has 1 aliphatic rings. The minimum Gasteiger partial charge on any atom is -0.383 e. The summed E-state index contributed by atoms with van der Waals surface area (Å²) in [5.74, 6) is -1.31. The third-order valence-electron chi connectivity index (χ3n) is 7.67. The number of halogens is 1. The normalized spacial score (nSPS) is 13.5. The number of thiazole rings is 1. The van der Waals surface area contributed by atoms with Crippen molar-refractivity contribution in [2.45, 2.75) is 12.5 Å². The Morgan fingerprint density at radius 1 is 0.933 bits per heavy atom. The number of carbonyl (C=O) groups is 3. The Morgan fingerprint density at radius 2 is 1.56 bits per heavy atom. The standard InChI is InChI=1S/C34H36FN5O4S/c1-44-21-20-40(33(43)27-12-14-28(35)15-13-27)23-30(41)37-34-36-29(24-45-34)22-31(42)38-16-18-39(19-17-38)32(25-8-4-2-5-9-25)26-10-6-3-7-11-26/h2-15,24,32H,16-23H2,1H3,(H,36,37,41). The highest BCUT2D eigenvalue weighted by Crippen LogP contribution is 2.29. The van der Waals surface area contributed by atoms with E-state index >= 15 is 0 Å². The number of methoxy groups -OCH3 is 1. The molecule has 11 heteroatoms. The summed E-state index contributed by atoms with van der Waals surface area (Å²) < 4.78 is 18.4. The van der Waals surface area contributed by atoms with Crippen LogP contribution in [-0.2, 0) is 20.7 Å². The molecule has 45 heavy (non-hydrogen) atoms. The molecule has 0 saturated carbocycles. The van der Waals surface area contributed by atoms with E-state index in [0.717, 1.165) is 13.1 Å². The molecule has 1 saturated heterocycles. The zero-order valence-electron chi connectivity index (χ0n) is 25.1. The van der Waals surface area contributed by atoms with E-state index in [1.165, 1.54) is 58.7 Å². The minimum absolute atomic E-state index is 0.00978. The van der Waals surface area contributed by atoms with Gasteiger partial charge in [-0.2, -0.15) is 0 Å². The van der Waals surface area contributed by atoms with Crippen LogP contribution >= 0.6 is 11.3 Å². The molecule has 3 amide bonds. The third-order valence-corrected chi connectivity index (χ3v) is 8.48. The van der Waals surface area contributed by atoms with Crippen LogP contribution in [0.25, 0.3) is 0 Å². The van der Waals surface area contributed by atoms with Crippen molar-refractivity contribution in [2.24, 2.45) is 0 Å². The molecule has 5 rings (SSSR count). The summed E-state index contributed by atoms with van der Waals surface area (Å²) in [5.41, 5.74) is 3.30. The second-order valence-corrected chi connectivity index (χ2v) is 11.6. The molecule has 1 fully saturated rings. The molecule has 0 atom stereocenters. The van der Waals surface area contributed by atoms with Crippen molar-refractivity contribution in [3.8, 4) is 0 Å². The van der Waals surface area contributed by atoms with Crippen molar-refractivity contribution in [3.05, 3.63) is 119 Å². The molecule has 0 unspecified atom stereocenters. The number of anilines is 1. The van der Waals surface area contributed by atoms with Gasteiger partial charge in [0.05, 0.1) is 24.8 Å². The zero-order chi connectivity index (χ0) is 31.6. The van der Waals surface area contributed by atoms with Gasteiger partial charge in [0.2, 0.25) is 11.8 Å². The van der Waals surface area contributed by atoms with Gasteiger partial charge >= 0.3 is 0 Å². The predicted molar refractivity (Wildman–Crippen MR) is 172 cm³/mol. The lowest BCUT2D eigenvalue weighted by Gasteiger charge is -2.39.